The zero-order valence-corrected chi connectivity index (χ0v) is 16.7. The van der Waals surface area contributed by atoms with Gasteiger partial charge in [0, 0.05) is 10.9 Å². The fourth-order valence-electron chi connectivity index (χ4n) is 2.67. The Bertz CT molecular complexity index is 1140. The zero-order valence-electron chi connectivity index (χ0n) is 15.9. The smallest absolute Gasteiger partial charge is 0.435 e. The monoisotopic (exact) mass is 477 g/mol. The Balaban J connectivity index is 1.72. The fraction of sp³-hybridized carbons (Fsp3) is 0.235. The molecule has 0 bridgehead atoms. The summed E-state index contributed by atoms with van der Waals surface area (Å²) in [4.78, 5) is 26.2. The van der Waals surface area contributed by atoms with Gasteiger partial charge in [0.05, 0.1) is 10.6 Å². The van der Waals surface area contributed by atoms with Gasteiger partial charge in [-0.25, -0.2) is 4.98 Å². The first-order valence-electron chi connectivity index (χ1n) is 8.55. The Labute approximate surface area is 179 Å². The van der Waals surface area contributed by atoms with Crippen LogP contribution in [0, 0.1) is 17.0 Å². The molecule has 0 atom stereocenters. The Morgan fingerprint density at radius 1 is 1.31 bits per heavy atom. The number of nitrogens with one attached hydrogen (secondary N) is 1. The second-order valence-corrected chi connectivity index (χ2v) is 7.04. The van der Waals surface area contributed by atoms with E-state index in [2.05, 4.69) is 20.1 Å². The maximum absolute atomic E-state index is 13.0. The highest BCUT2D eigenvalue weighted by Crippen LogP contribution is 2.37. The third-order valence-corrected chi connectivity index (χ3v) is 4.80. The fourth-order valence-corrected chi connectivity index (χ4v) is 3.40. The van der Waals surface area contributed by atoms with Gasteiger partial charge in [-0.1, -0.05) is 0 Å². The van der Waals surface area contributed by atoms with Gasteiger partial charge in [0.25, 0.3) is 0 Å². The van der Waals surface area contributed by atoms with Crippen LogP contribution < -0.4 is 10.1 Å². The summed E-state index contributed by atoms with van der Waals surface area (Å²) in [6, 6.07) is 5.57. The molecular formula is C17H12F5N5O4S. The number of hydrogen-bond donors (Lipinski definition) is 1. The first kappa shape index (κ1) is 23.1. The van der Waals surface area contributed by atoms with Crippen LogP contribution in [0.4, 0.5) is 32.8 Å². The van der Waals surface area contributed by atoms with E-state index in [0.29, 0.717) is 15.9 Å². The molecule has 0 unspecified atom stereocenters. The van der Waals surface area contributed by atoms with Crippen molar-refractivity contribution in [1.82, 2.24) is 14.8 Å². The lowest BCUT2D eigenvalue weighted by Crippen LogP contribution is -2.20. The average Bonchev–Trinajstić information content (AvgIpc) is 3.26. The number of rotatable bonds is 7. The molecule has 0 aliphatic rings. The van der Waals surface area contributed by atoms with Crippen LogP contribution in [0.5, 0.6) is 5.75 Å². The van der Waals surface area contributed by atoms with Gasteiger partial charge in [-0.2, -0.15) is 27.1 Å². The molecule has 1 amide bonds. The molecule has 9 nitrogen and oxygen atoms in total. The van der Waals surface area contributed by atoms with E-state index in [4.69, 9.17) is 0 Å². The molecule has 0 spiro atoms. The molecule has 2 heterocycles. The summed E-state index contributed by atoms with van der Waals surface area (Å²) < 4.78 is 68.3. The molecular weight excluding hydrogens is 465 g/mol. The van der Waals surface area contributed by atoms with E-state index in [-0.39, 0.29) is 10.9 Å². The highest BCUT2D eigenvalue weighted by atomic mass is 32.1. The molecule has 0 saturated heterocycles. The van der Waals surface area contributed by atoms with E-state index in [1.54, 1.807) is 5.38 Å². The van der Waals surface area contributed by atoms with E-state index in [1.165, 1.54) is 24.3 Å². The molecule has 0 radical (unpaired) electrons. The number of nitro groups is 1. The molecule has 0 saturated carbocycles. The number of halogens is 5. The SMILES string of the molecule is Cc1c([N+](=O)[O-])c(C(F)(F)F)nn1CC(=O)Nc1nc(-c2ccc(OC(F)F)cc2)cs1. The molecule has 170 valence electrons. The Morgan fingerprint density at radius 2 is 1.97 bits per heavy atom. The van der Waals surface area contributed by atoms with Gasteiger partial charge in [0.1, 0.15) is 18.0 Å². The van der Waals surface area contributed by atoms with E-state index in [9.17, 15) is 36.9 Å². The van der Waals surface area contributed by atoms with Crippen molar-refractivity contribution < 1.29 is 36.4 Å². The number of carbonyl (C=O) groups is 1. The van der Waals surface area contributed by atoms with Crippen LogP contribution in [0.1, 0.15) is 11.4 Å². The van der Waals surface area contributed by atoms with Crippen molar-refractivity contribution in [2.24, 2.45) is 0 Å². The lowest BCUT2D eigenvalue weighted by atomic mass is 10.2. The van der Waals surface area contributed by atoms with Crippen LogP contribution >= 0.6 is 11.3 Å². The minimum absolute atomic E-state index is 0.0468. The average molecular weight is 477 g/mol. The van der Waals surface area contributed by atoms with Gasteiger partial charge in [0.15, 0.2) is 5.13 Å². The number of anilines is 1. The Kier molecular flexibility index (Phi) is 6.38. The third-order valence-electron chi connectivity index (χ3n) is 4.05. The standard InChI is InChI=1S/C17H12F5N5O4S/c1-8-13(27(29)30)14(17(20,21)22)25-26(8)6-12(28)24-16-23-11(7-32-16)9-2-4-10(5-3-9)31-15(18)19/h2-5,7,15H,6H2,1H3,(H,23,24,28). The summed E-state index contributed by atoms with van der Waals surface area (Å²) in [6.07, 6.45) is -5.06. The molecule has 15 heteroatoms. The summed E-state index contributed by atoms with van der Waals surface area (Å²) in [5, 5.41) is 18.2. The van der Waals surface area contributed by atoms with Crippen molar-refractivity contribution in [3.63, 3.8) is 0 Å². The van der Waals surface area contributed by atoms with Gasteiger partial charge < -0.3 is 10.1 Å². The van der Waals surface area contributed by atoms with E-state index in [1.807, 2.05) is 0 Å². The van der Waals surface area contributed by atoms with Crippen LogP contribution in [-0.2, 0) is 17.5 Å². The first-order chi connectivity index (χ1) is 15.0. The third kappa shape index (κ3) is 5.16. The Hall–Kier alpha value is -3.62. The minimum atomic E-state index is -5.06. The number of aromatic nitrogens is 3. The summed E-state index contributed by atoms with van der Waals surface area (Å²) in [5.74, 6) is -0.852. The predicted octanol–water partition coefficient (Wildman–Crippen LogP) is 4.48. The molecule has 0 fully saturated rings. The van der Waals surface area contributed by atoms with Crippen molar-refractivity contribution in [2.45, 2.75) is 26.3 Å². The van der Waals surface area contributed by atoms with Gasteiger partial charge >= 0.3 is 18.5 Å². The number of carbonyl (C=O) groups excluding carboxylic acids is 1. The van der Waals surface area contributed by atoms with Crippen LogP contribution in [0.25, 0.3) is 11.3 Å². The molecule has 32 heavy (non-hydrogen) atoms. The Morgan fingerprint density at radius 3 is 2.50 bits per heavy atom. The lowest BCUT2D eigenvalue weighted by Gasteiger charge is -2.05. The number of thiazole rings is 1. The van der Waals surface area contributed by atoms with Crippen molar-refractivity contribution in [2.75, 3.05) is 5.32 Å². The summed E-state index contributed by atoms with van der Waals surface area (Å²) in [6.45, 7) is -2.62. The molecule has 1 N–H and O–H groups in total. The highest BCUT2D eigenvalue weighted by Gasteiger charge is 2.44. The minimum Gasteiger partial charge on any atom is -0.435 e. The van der Waals surface area contributed by atoms with Gasteiger partial charge in [-0.05, 0) is 31.2 Å². The highest BCUT2D eigenvalue weighted by molar-refractivity contribution is 7.14. The molecule has 3 aromatic rings. The first-order valence-corrected chi connectivity index (χ1v) is 9.43. The van der Waals surface area contributed by atoms with Crippen molar-refractivity contribution >= 4 is 28.1 Å². The van der Waals surface area contributed by atoms with Gasteiger partial charge in [0.2, 0.25) is 11.6 Å². The molecule has 0 aliphatic heterocycles. The summed E-state index contributed by atoms with van der Waals surface area (Å²) >= 11 is 1.01. The lowest BCUT2D eigenvalue weighted by molar-refractivity contribution is -0.388. The molecule has 3 rings (SSSR count). The number of hydrogen-bond acceptors (Lipinski definition) is 7. The van der Waals surface area contributed by atoms with Crippen molar-refractivity contribution in [1.29, 1.82) is 0 Å². The van der Waals surface area contributed by atoms with Crippen LogP contribution in [0.15, 0.2) is 29.6 Å². The number of nitrogens with zero attached hydrogens (tertiary/aromatic N) is 4. The molecule has 2 aromatic heterocycles. The van der Waals surface area contributed by atoms with E-state index >= 15 is 0 Å². The second-order valence-electron chi connectivity index (χ2n) is 6.18. The van der Waals surface area contributed by atoms with Gasteiger partial charge in [-0.3, -0.25) is 19.6 Å². The quantitative estimate of drug-likeness (QED) is 0.305. The molecule has 0 aliphatic carbocycles. The number of alkyl halides is 5. The topological polar surface area (TPSA) is 112 Å². The summed E-state index contributed by atoms with van der Waals surface area (Å²) in [7, 11) is 0. The van der Waals surface area contributed by atoms with Crippen molar-refractivity contribution in [3.8, 4) is 17.0 Å². The number of ether oxygens (including phenoxy) is 1. The van der Waals surface area contributed by atoms with Crippen LogP contribution in [0.3, 0.4) is 0 Å². The normalized spacial score (nSPS) is 11.6. The maximum atomic E-state index is 13.0. The van der Waals surface area contributed by atoms with E-state index in [0.717, 1.165) is 18.3 Å². The number of benzene rings is 1. The van der Waals surface area contributed by atoms with Crippen LogP contribution in [-0.4, -0.2) is 32.2 Å². The van der Waals surface area contributed by atoms with Crippen molar-refractivity contribution in [3.05, 3.63) is 51.1 Å². The second kappa shape index (κ2) is 8.86. The zero-order chi connectivity index (χ0) is 23.6. The van der Waals surface area contributed by atoms with E-state index < -0.39 is 47.2 Å². The predicted molar refractivity (Wildman–Crippen MR) is 101 cm³/mol. The van der Waals surface area contributed by atoms with Gasteiger partial charge in [-0.15, -0.1) is 11.3 Å². The largest absolute Gasteiger partial charge is 0.442 e. The number of amides is 1. The summed E-state index contributed by atoms with van der Waals surface area (Å²) in [5.41, 5.74) is -2.40. The van der Waals surface area contributed by atoms with Crippen LogP contribution in [0.2, 0.25) is 0 Å². The molecule has 1 aromatic carbocycles. The maximum Gasteiger partial charge on any atom is 0.442 e.